The highest BCUT2D eigenvalue weighted by Crippen LogP contribution is 1.79. The van der Waals surface area contributed by atoms with Crippen LogP contribution in [0, 0.1) is 0 Å². The first-order chi connectivity index (χ1) is 3.27. The van der Waals surface area contributed by atoms with Crippen LogP contribution in [0.5, 0.6) is 0 Å². The number of hydrogen-bond donors (Lipinski definition) is 0. The van der Waals surface area contributed by atoms with Crippen LogP contribution in [-0.2, 0) is 4.84 Å². The molecule has 40 valence electrons. The number of rotatable bonds is 1. The zero-order valence-corrected chi connectivity index (χ0v) is 3.72. The first kappa shape index (κ1) is 6.07. The van der Waals surface area contributed by atoms with Crippen LogP contribution in [0.1, 0.15) is 6.92 Å². The van der Waals surface area contributed by atoms with E-state index < -0.39 is 6.22 Å². The van der Waals surface area contributed by atoms with E-state index in [1.54, 1.807) is 0 Å². The highest BCUT2D eigenvalue weighted by molar-refractivity contribution is 5.60. The van der Waals surface area contributed by atoms with E-state index in [4.69, 9.17) is 0 Å². The molecule has 0 aromatic heterocycles. The molecule has 0 aliphatic heterocycles. The zero-order chi connectivity index (χ0) is 5.70. The van der Waals surface area contributed by atoms with Crippen LogP contribution in [0.15, 0.2) is 5.16 Å². The number of oxime groups is 1. The minimum atomic E-state index is -1.89. The molecular formula is C3H4FNO2. The smallest absolute Gasteiger partial charge is 0.289 e. The third kappa shape index (κ3) is 5.07. The second-order valence-electron chi connectivity index (χ2n) is 0.693. The SMILES string of the molecule is C/C=N/OC(=O)F. The van der Waals surface area contributed by atoms with Crippen molar-refractivity contribution in [2.45, 2.75) is 6.92 Å². The Morgan fingerprint density at radius 1 is 2.00 bits per heavy atom. The summed E-state index contributed by atoms with van der Waals surface area (Å²) in [6.45, 7) is 1.50. The van der Waals surface area contributed by atoms with Crippen molar-refractivity contribution >= 4 is 12.4 Å². The Morgan fingerprint density at radius 2 is 2.57 bits per heavy atom. The molecule has 0 saturated carbocycles. The summed E-state index contributed by atoms with van der Waals surface area (Å²) in [5.41, 5.74) is 0. The third-order valence-electron chi connectivity index (χ3n) is 0.230. The van der Waals surface area contributed by atoms with E-state index in [2.05, 4.69) is 9.99 Å². The molecule has 0 unspecified atom stereocenters. The molecule has 0 heterocycles. The maximum atomic E-state index is 10.9. The van der Waals surface area contributed by atoms with E-state index in [0.717, 1.165) is 6.21 Å². The number of hydrogen-bond acceptors (Lipinski definition) is 3. The van der Waals surface area contributed by atoms with Gasteiger partial charge in [-0.3, -0.25) is 4.84 Å². The summed E-state index contributed by atoms with van der Waals surface area (Å²) in [6.07, 6.45) is -0.726. The van der Waals surface area contributed by atoms with Crippen molar-refractivity contribution in [1.29, 1.82) is 0 Å². The van der Waals surface area contributed by atoms with E-state index in [1.807, 2.05) is 0 Å². The second kappa shape index (κ2) is 3.27. The van der Waals surface area contributed by atoms with Gasteiger partial charge in [0.2, 0.25) is 0 Å². The molecular weight excluding hydrogens is 101 g/mol. The first-order valence-electron chi connectivity index (χ1n) is 1.62. The zero-order valence-electron chi connectivity index (χ0n) is 3.72. The van der Waals surface area contributed by atoms with Crippen molar-refractivity contribution in [2.24, 2.45) is 5.16 Å². The van der Waals surface area contributed by atoms with Gasteiger partial charge in [-0.15, -0.1) is 4.39 Å². The Hall–Kier alpha value is -0.930. The molecule has 0 aliphatic carbocycles. The summed E-state index contributed by atoms with van der Waals surface area (Å²) < 4.78 is 10.9. The normalized spacial score (nSPS) is 9.43. The van der Waals surface area contributed by atoms with Crippen LogP contribution in [0.4, 0.5) is 9.18 Å². The lowest BCUT2D eigenvalue weighted by Gasteiger charge is -1.78. The molecule has 0 amide bonds. The summed E-state index contributed by atoms with van der Waals surface area (Å²) in [5, 5.41) is 2.82. The summed E-state index contributed by atoms with van der Waals surface area (Å²) >= 11 is 0. The largest absolute Gasteiger partial charge is 0.521 e. The van der Waals surface area contributed by atoms with Gasteiger partial charge in [0, 0.05) is 6.21 Å². The van der Waals surface area contributed by atoms with Crippen LogP contribution >= 0.6 is 0 Å². The fraction of sp³-hybridized carbons (Fsp3) is 0.333. The molecule has 0 fully saturated rings. The minimum absolute atomic E-state index is 1.16. The first-order valence-corrected chi connectivity index (χ1v) is 1.62. The van der Waals surface area contributed by atoms with E-state index in [0.29, 0.717) is 0 Å². The van der Waals surface area contributed by atoms with Crippen molar-refractivity contribution < 1.29 is 14.0 Å². The Labute approximate surface area is 39.8 Å². The van der Waals surface area contributed by atoms with Crippen LogP contribution in [-0.4, -0.2) is 12.4 Å². The highest BCUT2D eigenvalue weighted by atomic mass is 19.1. The summed E-state index contributed by atoms with van der Waals surface area (Å²) in [4.78, 5) is 12.7. The number of nitrogens with zero attached hydrogens (tertiary/aromatic N) is 1. The van der Waals surface area contributed by atoms with E-state index in [-0.39, 0.29) is 0 Å². The van der Waals surface area contributed by atoms with Gasteiger partial charge < -0.3 is 0 Å². The molecule has 0 bridgehead atoms. The Balaban J connectivity index is 3.14. The second-order valence-corrected chi connectivity index (χ2v) is 0.693. The van der Waals surface area contributed by atoms with Crippen molar-refractivity contribution in [3.05, 3.63) is 0 Å². The van der Waals surface area contributed by atoms with E-state index in [9.17, 15) is 9.18 Å². The third-order valence-corrected chi connectivity index (χ3v) is 0.230. The standard InChI is InChI=1S/C3H4FNO2/c1-2-5-7-3(4)6/h2H,1H3/b5-2+. The van der Waals surface area contributed by atoms with Gasteiger partial charge in [0.25, 0.3) is 0 Å². The molecule has 0 aliphatic rings. The fourth-order valence-corrected chi connectivity index (χ4v) is 0.0941. The molecule has 3 nitrogen and oxygen atoms in total. The Kier molecular flexibility index (Phi) is 2.83. The van der Waals surface area contributed by atoms with Crippen molar-refractivity contribution in [1.82, 2.24) is 0 Å². The predicted octanol–water partition coefficient (Wildman–Crippen LogP) is 1.10. The lowest BCUT2D eigenvalue weighted by molar-refractivity contribution is 0.125. The monoisotopic (exact) mass is 105 g/mol. The molecule has 4 heteroatoms. The van der Waals surface area contributed by atoms with Crippen molar-refractivity contribution in [3.8, 4) is 0 Å². The van der Waals surface area contributed by atoms with Gasteiger partial charge in [-0.2, -0.15) is 0 Å². The molecule has 0 aromatic carbocycles. The minimum Gasteiger partial charge on any atom is -0.289 e. The van der Waals surface area contributed by atoms with Crippen LogP contribution in [0.3, 0.4) is 0 Å². The van der Waals surface area contributed by atoms with E-state index in [1.165, 1.54) is 6.92 Å². The van der Waals surface area contributed by atoms with Crippen molar-refractivity contribution in [3.63, 3.8) is 0 Å². The molecule has 0 spiro atoms. The van der Waals surface area contributed by atoms with Gasteiger partial charge in [0.15, 0.2) is 0 Å². The van der Waals surface area contributed by atoms with E-state index >= 15 is 0 Å². The highest BCUT2D eigenvalue weighted by Gasteiger charge is 1.90. The summed E-state index contributed by atoms with van der Waals surface area (Å²) in [6, 6.07) is 0. The molecule has 0 atom stereocenters. The molecule has 0 N–H and O–H groups in total. The number of halogens is 1. The number of carbonyl (C=O) groups is 1. The summed E-state index contributed by atoms with van der Waals surface area (Å²) in [5.74, 6) is 0. The van der Waals surface area contributed by atoms with Gasteiger partial charge in [-0.1, -0.05) is 5.16 Å². The molecule has 7 heavy (non-hydrogen) atoms. The Morgan fingerprint density at radius 3 is 2.71 bits per heavy atom. The fourth-order valence-electron chi connectivity index (χ4n) is 0.0941. The van der Waals surface area contributed by atoms with Crippen LogP contribution in [0.25, 0.3) is 0 Å². The van der Waals surface area contributed by atoms with Gasteiger partial charge in [0.1, 0.15) is 0 Å². The average Bonchev–Trinajstić information content (AvgIpc) is 1.61. The number of carbonyl (C=O) groups excluding carboxylic acids is 1. The van der Waals surface area contributed by atoms with Gasteiger partial charge >= 0.3 is 6.22 Å². The molecule has 0 saturated heterocycles. The molecule has 0 radical (unpaired) electrons. The van der Waals surface area contributed by atoms with Gasteiger partial charge in [-0.05, 0) is 6.92 Å². The topological polar surface area (TPSA) is 38.7 Å². The van der Waals surface area contributed by atoms with Gasteiger partial charge in [-0.25, -0.2) is 4.79 Å². The quantitative estimate of drug-likeness (QED) is 0.217. The van der Waals surface area contributed by atoms with Gasteiger partial charge in [0.05, 0.1) is 0 Å². The average molecular weight is 105 g/mol. The summed E-state index contributed by atoms with van der Waals surface area (Å²) in [7, 11) is 0. The van der Waals surface area contributed by atoms with Crippen LogP contribution < -0.4 is 0 Å². The lowest BCUT2D eigenvalue weighted by Crippen LogP contribution is -1.83. The molecule has 0 rings (SSSR count). The molecule has 0 aromatic rings. The maximum Gasteiger partial charge on any atom is 0.521 e. The van der Waals surface area contributed by atoms with Crippen LogP contribution in [0.2, 0.25) is 0 Å². The predicted molar refractivity (Wildman–Crippen MR) is 21.8 cm³/mol. The van der Waals surface area contributed by atoms with Crippen molar-refractivity contribution in [2.75, 3.05) is 0 Å². The maximum absolute atomic E-state index is 10.9. The lowest BCUT2D eigenvalue weighted by atomic mass is 10.9. The Bertz CT molecular complexity index is 90.9.